The van der Waals surface area contributed by atoms with E-state index in [1.54, 1.807) is 25.1 Å². The van der Waals surface area contributed by atoms with E-state index >= 15 is 0 Å². The van der Waals surface area contributed by atoms with E-state index in [2.05, 4.69) is 4.40 Å². The molecule has 0 atom stereocenters. The molecular weight excluding hydrogens is 415 g/mol. The lowest BCUT2D eigenvalue weighted by Crippen LogP contribution is -2.23. The maximum absolute atomic E-state index is 13.1. The van der Waals surface area contributed by atoms with Crippen molar-refractivity contribution >= 4 is 49.1 Å². The van der Waals surface area contributed by atoms with Crippen LogP contribution in [0.4, 0.5) is 4.39 Å². The van der Waals surface area contributed by atoms with Gasteiger partial charge in [0.15, 0.2) is 0 Å². The van der Waals surface area contributed by atoms with Gasteiger partial charge in [-0.3, -0.25) is 4.79 Å². The SMILES string of the molecule is CCOC(=O)Cn1c(=NS(=O)(=O)c2ccc(F)cc2)sc2cc(Cl)ccc21. The van der Waals surface area contributed by atoms with Crippen molar-refractivity contribution in [2.75, 3.05) is 6.61 Å². The molecule has 0 spiro atoms. The van der Waals surface area contributed by atoms with Gasteiger partial charge in [-0.1, -0.05) is 22.9 Å². The number of hydrogen-bond donors (Lipinski definition) is 0. The van der Waals surface area contributed by atoms with Crippen molar-refractivity contribution in [1.82, 2.24) is 4.57 Å². The molecule has 0 amide bonds. The molecule has 10 heteroatoms. The third-order valence-electron chi connectivity index (χ3n) is 3.55. The number of fused-ring (bicyclic) bond motifs is 1. The zero-order chi connectivity index (χ0) is 19.6. The highest BCUT2D eigenvalue weighted by Gasteiger charge is 2.17. The molecule has 2 aromatic carbocycles. The van der Waals surface area contributed by atoms with Crippen molar-refractivity contribution in [3.8, 4) is 0 Å². The smallest absolute Gasteiger partial charge is 0.326 e. The van der Waals surface area contributed by atoms with Gasteiger partial charge >= 0.3 is 5.97 Å². The van der Waals surface area contributed by atoms with Crippen LogP contribution in [0.5, 0.6) is 0 Å². The topological polar surface area (TPSA) is 77.7 Å². The first-order valence-corrected chi connectivity index (χ1v) is 10.4. The lowest BCUT2D eigenvalue weighted by molar-refractivity contribution is -0.143. The van der Waals surface area contributed by atoms with E-state index in [1.165, 1.54) is 4.57 Å². The summed E-state index contributed by atoms with van der Waals surface area (Å²) in [5, 5.41) is 0.472. The third kappa shape index (κ3) is 4.37. The van der Waals surface area contributed by atoms with Crippen molar-refractivity contribution in [2.45, 2.75) is 18.4 Å². The Kier molecular flexibility index (Phi) is 5.64. The summed E-state index contributed by atoms with van der Waals surface area (Å²) in [5.41, 5.74) is 0.602. The molecule has 0 N–H and O–H groups in total. The van der Waals surface area contributed by atoms with Crippen molar-refractivity contribution in [3.05, 3.63) is 58.1 Å². The van der Waals surface area contributed by atoms with Crippen LogP contribution in [0.15, 0.2) is 51.8 Å². The second kappa shape index (κ2) is 7.79. The average molecular weight is 429 g/mol. The first-order chi connectivity index (χ1) is 12.8. The molecule has 0 saturated heterocycles. The largest absolute Gasteiger partial charge is 0.465 e. The van der Waals surface area contributed by atoms with Gasteiger partial charge in [-0.2, -0.15) is 8.42 Å². The van der Waals surface area contributed by atoms with Crippen LogP contribution in [-0.2, 0) is 26.1 Å². The van der Waals surface area contributed by atoms with Crippen molar-refractivity contribution in [1.29, 1.82) is 0 Å². The third-order valence-corrected chi connectivity index (χ3v) is 6.22. The predicted octanol–water partition coefficient (Wildman–Crippen LogP) is 3.35. The van der Waals surface area contributed by atoms with Crippen LogP contribution in [0.1, 0.15) is 6.92 Å². The number of hydrogen-bond acceptors (Lipinski definition) is 5. The first-order valence-electron chi connectivity index (χ1n) is 7.81. The van der Waals surface area contributed by atoms with Crippen molar-refractivity contribution in [2.24, 2.45) is 4.40 Å². The fourth-order valence-electron chi connectivity index (χ4n) is 2.37. The summed E-state index contributed by atoms with van der Waals surface area (Å²) in [5.74, 6) is -1.07. The van der Waals surface area contributed by atoms with E-state index in [0.29, 0.717) is 15.2 Å². The second-order valence-electron chi connectivity index (χ2n) is 5.41. The fourth-order valence-corrected chi connectivity index (χ4v) is 4.88. The average Bonchev–Trinajstić information content (AvgIpc) is 2.91. The zero-order valence-electron chi connectivity index (χ0n) is 14.1. The van der Waals surface area contributed by atoms with Crippen LogP contribution in [0.2, 0.25) is 5.02 Å². The normalized spacial score (nSPS) is 12.5. The minimum absolute atomic E-state index is 0.0876. The van der Waals surface area contributed by atoms with E-state index in [1.807, 2.05) is 0 Å². The molecule has 1 aromatic heterocycles. The molecule has 3 rings (SSSR count). The molecule has 142 valence electrons. The maximum atomic E-state index is 13.1. The van der Waals surface area contributed by atoms with Gasteiger partial charge in [-0.05, 0) is 49.4 Å². The van der Waals surface area contributed by atoms with E-state index in [4.69, 9.17) is 16.3 Å². The van der Waals surface area contributed by atoms with Gasteiger partial charge in [0.2, 0.25) is 4.80 Å². The Balaban J connectivity index is 2.18. The first kappa shape index (κ1) is 19.5. The van der Waals surface area contributed by atoms with Crippen LogP contribution in [0.25, 0.3) is 10.2 Å². The highest BCUT2D eigenvalue weighted by molar-refractivity contribution is 7.90. The second-order valence-corrected chi connectivity index (χ2v) is 8.46. The Morgan fingerprint density at radius 2 is 1.96 bits per heavy atom. The van der Waals surface area contributed by atoms with Gasteiger partial charge in [0.25, 0.3) is 10.0 Å². The number of thiazole rings is 1. The molecule has 6 nitrogen and oxygen atoms in total. The summed E-state index contributed by atoms with van der Waals surface area (Å²) in [7, 11) is -4.10. The Hall–Kier alpha value is -2.23. The standard InChI is InChI=1S/C17H14ClFN2O4S2/c1-2-25-16(22)10-21-14-8-3-11(18)9-15(14)26-17(21)20-27(23,24)13-6-4-12(19)5-7-13/h3-9H,2,10H2,1H3. The Bertz CT molecular complexity index is 1170. The lowest BCUT2D eigenvalue weighted by atomic mass is 10.3. The predicted molar refractivity (Wildman–Crippen MR) is 101 cm³/mol. The number of ether oxygens (including phenoxy) is 1. The van der Waals surface area contributed by atoms with Gasteiger partial charge in [-0.25, -0.2) is 4.39 Å². The maximum Gasteiger partial charge on any atom is 0.326 e. The number of nitrogens with zero attached hydrogens (tertiary/aromatic N) is 2. The minimum atomic E-state index is -4.10. The highest BCUT2D eigenvalue weighted by Crippen LogP contribution is 2.22. The molecule has 0 unspecified atom stereocenters. The van der Waals surface area contributed by atoms with Crippen molar-refractivity contribution in [3.63, 3.8) is 0 Å². The molecule has 0 saturated carbocycles. The van der Waals surface area contributed by atoms with E-state index in [0.717, 1.165) is 35.6 Å². The molecule has 0 aliphatic rings. The number of benzene rings is 2. The van der Waals surface area contributed by atoms with Crippen LogP contribution in [-0.4, -0.2) is 25.6 Å². The summed E-state index contributed by atoms with van der Waals surface area (Å²) >= 11 is 7.07. The van der Waals surface area contributed by atoms with E-state index in [9.17, 15) is 17.6 Å². The number of aromatic nitrogens is 1. The van der Waals surface area contributed by atoms with Gasteiger partial charge in [0.1, 0.15) is 12.4 Å². The van der Waals surface area contributed by atoms with Crippen LogP contribution >= 0.6 is 22.9 Å². The van der Waals surface area contributed by atoms with Crippen molar-refractivity contribution < 1.29 is 22.3 Å². The summed E-state index contributed by atoms with van der Waals surface area (Å²) < 4.78 is 49.2. The number of carbonyl (C=O) groups excluding carboxylic acids is 1. The Morgan fingerprint density at radius 3 is 2.63 bits per heavy atom. The Labute approximate surface area is 163 Å². The van der Waals surface area contributed by atoms with Crippen LogP contribution in [0, 0.1) is 5.82 Å². The quantitative estimate of drug-likeness (QED) is 0.584. The monoisotopic (exact) mass is 428 g/mol. The van der Waals surface area contributed by atoms with Crippen LogP contribution < -0.4 is 4.80 Å². The minimum Gasteiger partial charge on any atom is -0.465 e. The lowest BCUT2D eigenvalue weighted by Gasteiger charge is -2.05. The van der Waals surface area contributed by atoms with Gasteiger partial charge in [0.05, 0.1) is 21.7 Å². The molecule has 0 aliphatic heterocycles. The number of halogens is 2. The summed E-state index contributed by atoms with van der Waals surface area (Å²) in [4.78, 5) is 11.9. The molecule has 27 heavy (non-hydrogen) atoms. The molecule has 3 aromatic rings. The molecule has 0 bridgehead atoms. The van der Waals surface area contributed by atoms with Gasteiger partial charge < -0.3 is 9.30 Å². The highest BCUT2D eigenvalue weighted by atomic mass is 35.5. The summed E-state index contributed by atoms with van der Waals surface area (Å²) in [6, 6.07) is 9.32. The molecule has 1 heterocycles. The summed E-state index contributed by atoms with van der Waals surface area (Å²) in [6.07, 6.45) is 0. The number of rotatable bonds is 5. The van der Waals surface area contributed by atoms with E-state index < -0.39 is 21.8 Å². The van der Waals surface area contributed by atoms with Crippen LogP contribution in [0.3, 0.4) is 0 Å². The number of sulfonamides is 1. The van der Waals surface area contributed by atoms with Gasteiger partial charge in [-0.15, -0.1) is 4.40 Å². The Morgan fingerprint density at radius 1 is 1.26 bits per heavy atom. The fraction of sp³-hybridized carbons (Fsp3) is 0.176. The number of carbonyl (C=O) groups is 1. The molecular formula is C17H14ClFN2O4S2. The zero-order valence-corrected chi connectivity index (χ0v) is 16.4. The number of esters is 1. The molecule has 0 fully saturated rings. The molecule has 0 radical (unpaired) electrons. The van der Waals surface area contributed by atoms with E-state index in [-0.39, 0.29) is 22.8 Å². The summed E-state index contributed by atoms with van der Waals surface area (Å²) in [6.45, 7) is 1.68. The van der Waals surface area contributed by atoms with Gasteiger partial charge in [0, 0.05) is 5.02 Å². The molecule has 0 aliphatic carbocycles.